The third-order valence-electron chi connectivity index (χ3n) is 5.05. The number of aromatic nitrogens is 1. The summed E-state index contributed by atoms with van der Waals surface area (Å²) in [5.41, 5.74) is 5.60. The van der Waals surface area contributed by atoms with Crippen molar-refractivity contribution < 1.29 is 0 Å². The van der Waals surface area contributed by atoms with E-state index in [1.54, 1.807) is 0 Å². The smallest absolute Gasteiger partial charge is 0.0622 e. The van der Waals surface area contributed by atoms with Crippen molar-refractivity contribution in [1.82, 2.24) is 4.98 Å². The Balaban J connectivity index is 2.45. The standard InChI is InChI=1S/C17H23BrN2/c1-9(2)20-11(4)17(5,6)12-7-13(18)15-14(16(12)20)10(3)8-19-15/h7-9,11,19H,1-6H3. The second-order valence-electron chi connectivity index (χ2n) is 6.87. The molecule has 2 aromatic rings. The monoisotopic (exact) mass is 334 g/mol. The van der Waals surface area contributed by atoms with Gasteiger partial charge in [-0.1, -0.05) is 13.8 Å². The summed E-state index contributed by atoms with van der Waals surface area (Å²) >= 11 is 3.74. The van der Waals surface area contributed by atoms with Gasteiger partial charge in [0.2, 0.25) is 0 Å². The molecule has 0 aliphatic carbocycles. The van der Waals surface area contributed by atoms with Gasteiger partial charge in [0.15, 0.2) is 0 Å². The lowest BCUT2D eigenvalue weighted by Gasteiger charge is -2.34. The first-order valence-corrected chi connectivity index (χ1v) is 8.15. The van der Waals surface area contributed by atoms with Crippen LogP contribution in [0.3, 0.4) is 0 Å². The minimum absolute atomic E-state index is 0.167. The van der Waals surface area contributed by atoms with Crippen LogP contribution in [0.15, 0.2) is 16.7 Å². The van der Waals surface area contributed by atoms with Gasteiger partial charge in [0.25, 0.3) is 0 Å². The van der Waals surface area contributed by atoms with Gasteiger partial charge in [0.05, 0.1) is 11.2 Å². The fourth-order valence-corrected chi connectivity index (χ4v) is 4.19. The van der Waals surface area contributed by atoms with E-state index in [9.17, 15) is 0 Å². The van der Waals surface area contributed by atoms with Crippen molar-refractivity contribution in [2.45, 2.75) is 59.0 Å². The summed E-state index contributed by atoms with van der Waals surface area (Å²) in [5.74, 6) is 0. The zero-order chi connectivity index (χ0) is 14.8. The molecule has 20 heavy (non-hydrogen) atoms. The van der Waals surface area contributed by atoms with E-state index in [0.29, 0.717) is 12.1 Å². The van der Waals surface area contributed by atoms with Gasteiger partial charge in [-0.2, -0.15) is 0 Å². The molecule has 2 nitrogen and oxygen atoms in total. The maximum atomic E-state index is 3.74. The number of fused-ring (bicyclic) bond motifs is 3. The lowest BCUT2D eigenvalue weighted by Crippen LogP contribution is -2.42. The van der Waals surface area contributed by atoms with E-state index in [0.717, 1.165) is 0 Å². The summed E-state index contributed by atoms with van der Waals surface area (Å²) in [7, 11) is 0. The van der Waals surface area contributed by atoms with Crippen LogP contribution in [-0.4, -0.2) is 17.1 Å². The number of anilines is 1. The van der Waals surface area contributed by atoms with Gasteiger partial charge in [0.1, 0.15) is 0 Å². The highest BCUT2D eigenvalue weighted by atomic mass is 79.9. The predicted octanol–water partition coefficient (Wildman–Crippen LogP) is 5.13. The normalized spacial score (nSPS) is 21.0. The highest BCUT2D eigenvalue weighted by Crippen LogP contribution is 2.51. The van der Waals surface area contributed by atoms with E-state index in [4.69, 9.17) is 0 Å². The van der Waals surface area contributed by atoms with Gasteiger partial charge in [-0.25, -0.2) is 0 Å². The number of hydrogen-bond donors (Lipinski definition) is 1. The quantitative estimate of drug-likeness (QED) is 0.765. The van der Waals surface area contributed by atoms with Crippen molar-refractivity contribution in [3.63, 3.8) is 0 Å². The SMILES string of the molecule is Cc1c[nH]c2c(Br)cc3c(c12)N(C(C)C)C(C)C3(C)C. The van der Waals surface area contributed by atoms with Gasteiger partial charge in [-0.3, -0.25) is 0 Å². The molecule has 0 bridgehead atoms. The molecule has 0 spiro atoms. The van der Waals surface area contributed by atoms with Gasteiger partial charge in [-0.05, 0) is 60.8 Å². The first kappa shape index (κ1) is 14.0. The van der Waals surface area contributed by atoms with Gasteiger partial charge in [-0.15, -0.1) is 0 Å². The van der Waals surface area contributed by atoms with E-state index in [1.807, 2.05) is 0 Å². The van der Waals surface area contributed by atoms with Gasteiger partial charge >= 0.3 is 0 Å². The third-order valence-corrected chi connectivity index (χ3v) is 5.67. The fraction of sp³-hybridized carbons (Fsp3) is 0.529. The minimum Gasteiger partial charge on any atom is -0.365 e. The molecule has 0 amide bonds. The van der Waals surface area contributed by atoms with Crippen LogP contribution >= 0.6 is 15.9 Å². The first-order valence-electron chi connectivity index (χ1n) is 7.35. The number of hydrogen-bond acceptors (Lipinski definition) is 1. The molecule has 1 aromatic carbocycles. The molecule has 1 aromatic heterocycles. The molecule has 0 saturated carbocycles. The lowest BCUT2D eigenvalue weighted by atomic mass is 9.81. The van der Waals surface area contributed by atoms with Crippen molar-refractivity contribution in [2.75, 3.05) is 4.90 Å². The molecule has 1 unspecified atom stereocenters. The molecule has 1 N–H and O–H groups in total. The number of H-pyrrole nitrogens is 1. The van der Waals surface area contributed by atoms with Crippen molar-refractivity contribution in [3.8, 4) is 0 Å². The summed E-state index contributed by atoms with van der Waals surface area (Å²) in [4.78, 5) is 6.00. The van der Waals surface area contributed by atoms with Crippen LogP contribution in [0.4, 0.5) is 5.69 Å². The van der Waals surface area contributed by atoms with Crippen molar-refractivity contribution in [1.29, 1.82) is 0 Å². The molecule has 108 valence electrons. The number of halogens is 1. The molecule has 2 heterocycles. The number of nitrogens with one attached hydrogen (secondary N) is 1. The number of rotatable bonds is 1. The topological polar surface area (TPSA) is 19.0 Å². The summed E-state index contributed by atoms with van der Waals surface area (Å²) < 4.78 is 1.17. The van der Waals surface area contributed by atoms with Crippen LogP contribution in [0.5, 0.6) is 0 Å². The van der Waals surface area contributed by atoms with Crippen LogP contribution in [-0.2, 0) is 5.41 Å². The number of aryl methyl sites for hydroxylation is 1. The van der Waals surface area contributed by atoms with Crippen LogP contribution in [0, 0.1) is 6.92 Å². The van der Waals surface area contributed by atoms with Crippen LogP contribution in [0.25, 0.3) is 10.9 Å². The highest BCUT2D eigenvalue weighted by Gasteiger charge is 2.44. The van der Waals surface area contributed by atoms with Gasteiger partial charge < -0.3 is 9.88 Å². The van der Waals surface area contributed by atoms with Crippen molar-refractivity contribution >= 4 is 32.5 Å². The molecule has 0 radical (unpaired) electrons. The molecule has 1 atom stereocenters. The van der Waals surface area contributed by atoms with E-state index in [-0.39, 0.29) is 5.41 Å². The van der Waals surface area contributed by atoms with E-state index in [1.165, 1.54) is 32.2 Å². The Labute approximate surface area is 129 Å². The molecular formula is C17H23BrN2. The summed E-state index contributed by atoms with van der Waals surface area (Å²) in [5, 5.41) is 1.38. The average molecular weight is 335 g/mol. The summed E-state index contributed by atoms with van der Waals surface area (Å²) in [6, 6.07) is 3.32. The molecule has 1 aliphatic heterocycles. The molecule has 3 rings (SSSR count). The molecular weight excluding hydrogens is 312 g/mol. The van der Waals surface area contributed by atoms with E-state index < -0.39 is 0 Å². The zero-order valence-corrected chi connectivity index (χ0v) is 14.7. The fourth-order valence-electron chi connectivity index (χ4n) is 3.65. The molecule has 0 saturated heterocycles. The van der Waals surface area contributed by atoms with Crippen LogP contribution in [0.1, 0.15) is 45.7 Å². The molecule has 0 fully saturated rings. The zero-order valence-electron chi connectivity index (χ0n) is 13.1. The first-order chi connectivity index (χ1) is 9.26. The highest BCUT2D eigenvalue weighted by molar-refractivity contribution is 9.10. The number of benzene rings is 1. The van der Waals surface area contributed by atoms with Crippen LogP contribution in [0.2, 0.25) is 0 Å². The second-order valence-corrected chi connectivity index (χ2v) is 7.73. The van der Waals surface area contributed by atoms with Crippen molar-refractivity contribution in [3.05, 3.63) is 27.9 Å². The Kier molecular flexibility index (Phi) is 2.99. The lowest BCUT2D eigenvalue weighted by molar-refractivity contribution is 0.425. The minimum atomic E-state index is 0.167. The maximum Gasteiger partial charge on any atom is 0.0622 e. The second kappa shape index (κ2) is 4.27. The molecule has 3 heteroatoms. The maximum absolute atomic E-state index is 3.74. The number of nitrogens with zero attached hydrogens (tertiary/aromatic N) is 1. The summed E-state index contributed by atoms with van der Waals surface area (Å²) in [6.07, 6.45) is 2.12. The molecule has 1 aliphatic rings. The largest absolute Gasteiger partial charge is 0.365 e. The van der Waals surface area contributed by atoms with Crippen molar-refractivity contribution in [2.24, 2.45) is 0 Å². The predicted molar refractivity (Wildman–Crippen MR) is 90.8 cm³/mol. The van der Waals surface area contributed by atoms with E-state index >= 15 is 0 Å². The third kappa shape index (κ3) is 1.62. The van der Waals surface area contributed by atoms with Gasteiger partial charge in [0, 0.05) is 33.6 Å². The number of aromatic amines is 1. The van der Waals surface area contributed by atoms with Crippen LogP contribution < -0.4 is 4.90 Å². The van der Waals surface area contributed by atoms with E-state index in [2.05, 4.69) is 79.6 Å². The Morgan fingerprint density at radius 3 is 2.60 bits per heavy atom. The summed E-state index contributed by atoms with van der Waals surface area (Å²) in [6.45, 7) is 13.8. The Morgan fingerprint density at radius 1 is 1.35 bits per heavy atom. The average Bonchev–Trinajstić information content (AvgIpc) is 2.81. The Hall–Kier alpha value is -0.960. The Bertz CT molecular complexity index is 682. The Morgan fingerprint density at radius 2 is 2.00 bits per heavy atom.